The van der Waals surface area contributed by atoms with Crippen LogP contribution < -0.4 is 14.8 Å². The summed E-state index contributed by atoms with van der Waals surface area (Å²) in [4.78, 5) is 46.3. The normalized spacial score (nSPS) is 29.5. The molecule has 2 aromatic rings. The summed E-state index contributed by atoms with van der Waals surface area (Å²) < 4.78 is 49.6. The molecule has 1 N–H and O–H groups in total. The van der Waals surface area contributed by atoms with Crippen molar-refractivity contribution in [3.05, 3.63) is 29.8 Å². The number of hydrogen-bond acceptors (Lipinski definition) is 7. The number of carbonyl (C=O) groups is 3. The first kappa shape index (κ1) is 32.9. The fourth-order valence-electron chi connectivity index (χ4n) is 7.15. The molecule has 246 valence electrons. The highest BCUT2D eigenvalue weighted by molar-refractivity contribution is 5.92. The highest BCUT2D eigenvalue weighted by atomic mass is 19.3. The predicted octanol–water partition coefficient (Wildman–Crippen LogP) is 6.40. The lowest BCUT2D eigenvalue weighted by atomic mass is 9.85. The average Bonchev–Trinajstić information content (AvgIpc) is 3.55. The molecule has 1 aromatic carbocycles. The molecule has 9 nitrogen and oxygen atoms in total. The summed E-state index contributed by atoms with van der Waals surface area (Å²) in [6, 6.07) is 4.59. The van der Waals surface area contributed by atoms with Gasteiger partial charge in [-0.15, -0.1) is 0 Å². The number of fused-ring (bicyclic) bond motifs is 5. The van der Waals surface area contributed by atoms with E-state index in [2.05, 4.69) is 10.3 Å². The topological polar surface area (TPSA) is 107 Å². The minimum Gasteiger partial charge on any atom is -0.497 e. The minimum absolute atomic E-state index is 0.0406. The van der Waals surface area contributed by atoms with Gasteiger partial charge in [0.1, 0.15) is 24.0 Å². The zero-order chi connectivity index (χ0) is 32.7. The second kappa shape index (κ2) is 12.7. The molecule has 2 aliphatic heterocycles. The Morgan fingerprint density at radius 3 is 2.49 bits per heavy atom. The first-order chi connectivity index (χ1) is 21.2. The lowest BCUT2D eigenvalue weighted by molar-refractivity contribution is -0.141. The zero-order valence-corrected chi connectivity index (χ0v) is 27.0. The van der Waals surface area contributed by atoms with Gasteiger partial charge in [0.25, 0.3) is 5.92 Å². The van der Waals surface area contributed by atoms with Crippen LogP contribution in [0.15, 0.2) is 24.3 Å². The van der Waals surface area contributed by atoms with Crippen molar-refractivity contribution in [2.45, 2.75) is 110 Å². The van der Waals surface area contributed by atoms with Gasteiger partial charge in [0.15, 0.2) is 5.78 Å². The summed E-state index contributed by atoms with van der Waals surface area (Å²) in [5, 5.41) is 3.33. The first-order valence-corrected chi connectivity index (χ1v) is 16.0. The van der Waals surface area contributed by atoms with E-state index in [0.717, 1.165) is 12.8 Å². The number of rotatable bonds is 2. The first-order valence-electron chi connectivity index (χ1n) is 16.0. The van der Waals surface area contributed by atoms with E-state index in [9.17, 15) is 14.4 Å². The molecule has 0 radical (unpaired) electrons. The fourth-order valence-corrected chi connectivity index (χ4v) is 7.15. The number of nitrogens with zero attached hydrogens (tertiary/aromatic N) is 2. The summed E-state index contributed by atoms with van der Waals surface area (Å²) in [6.45, 7) is 8.62. The van der Waals surface area contributed by atoms with Gasteiger partial charge in [-0.05, 0) is 68.6 Å². The van der Waals surface area contributed by atoms with E-state index in [1.54, 1.807) is 25.1 Å². The van der Waals surface area contributed by atoms with Gasteiger partial charge in [-0.25, -0.2) is 18.6 Å². The van der Waals surface area contributed by atoms with E-state index < -0.39 is 53.9 Å². The number of Topliss-reactive ketones (excluding diaryl/α,β-unsaturated/α-hetero) is 1. The molecule has 1 aromatic heterocycles. The molecule has 6 atom stereocenters. The van der Waals surface area contributed by atoms with Crippen LogP contribution in [0.3, 0.4) is 0 Å². The van der Waals surface area contributed by atoms with Crippen molar-refractivity contribution in [3.63, 3.8) is 0 Å². The maximum Gasteiger partial charge on any atom is 0.408 e. The monoisotopic (exact) mass is 629 g/mol. The van der Waals surface area contributed by atoms with Gasteiger partial charge in [0, 0.05) is 23.8 Å². The summed E-state index contributed by atoms with van der Waals surface area (Å²) in [6.07, 6.45) is 1.64. The SMILES string of the molecule is COc1ccc2cc3c(nc2c1)O[C@H]1CN(C(=O)[C@H](C(C)(C)C)NC(=O)O[C@@H]2CCC[C@H]2CCCCC3(F)F)[C@H](C(C)=O)[C@@H]1C. The van der Waals surface area contributed by atoms with Gasteiger partial charge in [0.2, 0.25) is 11.8 Å². The Hall–Kier alpha value is -3.50. The van der Waals surface area contributed by atoms with Crippen LogP contribution in [-0.4, -0.2) is 65.6 Å². The Morgan fingerprint density at radius 1 is 1.07 bits per heavy atom. The number of nitrogens with one attached hydrogen (secondary N) is 1. The molecule has 2 amide bonds. The Kier molecular flexibility index (Phi) is 9.29. The van der Waals surface area contributed by atoms with E-state index in [0.29, 0.717) is 35.9 Å². The number of ketones is 1. The average molecular weight is 630 g/mol. The van der Waals surface area contributed by atoms with Crippen LogP contribution in [0, 0.1) is 17.3 Å². The third-order valence-corrected chi connectivity index (χ3v) is 9.68. The number of alkyl halides is 2. The molecule has 1 saturated carbocycles. The number of aromatic nitrogens is 1. The van der Waals surface area contributed by atoms with Gasteiger partial charge < -0.3 is 24.4 Å². The van der Waals surface area contributed by atoms with Crippen LogP contribution >= 0.6 is 0 Å². The van der Waals surface area contributed by atoms with Gasteiger partial charge in [-0.2, -0.15) is 0 Å². The quantitative estimate of drug-likeness (QED) is 0.410. The number of hydrogen-bond donors (Lipinski definition) is 1. The molecule has 3 aliphatic rings. The zero-order valence-electron chi connectivity index (χ0n) is 27.0. The Morgan fingerprint density at radius 2 is 1.80 bits per heavy atom. The van der Waals surface area contributed by atoms with E-state index in [-0.39, 0.29) is 42.2 Å². The van der Waals surface area contributed by atoms with Gasteiger partial charge >= 0.3 is 6.09 Å². The number of carbonyl (C=O) groups excluding carboxylic acids is 3. The maximum absolute atomic E-state index is 16.1. The lowest BCUT2D eigenvalue weighted by Crippen LogP contribution is -2.57. The molecule has 1 saturated heterocycles. The number of methoxy groups -OCH3 is 1. The van der Waals surface area contributed by atoms with Crippen LogP contribution in [0.5, 0.6) is 11.6 Å². The van der Waals surface area contributed by atoms with Crippen molar-refractivity contribution in [2.75, 3.05) is 13.7 Å². The highest BCUT2D eigenvalue weighted by Gasteiger charge is 2.50. The fraction of sp³-hybridized carbons (Fsp3) is 0.647. The van der Waals surface area contributed by atoms with E-state index in [1.807, 2.05) is 20.8 Å². The molecular formula is C34H45F2N3O6. The molecule has 0 spiro atoms. The molecule has 45 heavy (non-hydrogen) atoms. The van der Waals surface area contributed by atoms with Crippen LogP contribution in [0.1, 0.15) is 85.1 Å². The number of benzene rings is 1. The number of pyridine rings is 1. The molecule has 11 heteroatoms. The number of halogens is 2. The number of ether oxygens (including phenoxy) is 3. The van der Waals surface area contributed by atoms with Crippen molar-refractivity contribution in [1.29, 1.82) is 0 Å². The van der Waals surface area contributed by atoms with E-state index in [4.69, 9.17) is 14.2 Å². The third kappa shape index (κ3) is 6.87. The van der Waals surface area contributed by atoms with Gasteiger partial charge in [-0.1, -0.05) is 34.1 Å². The molecule has 1 aliphatic carbocycles. The molecule has 5 rings (SSSR count). The molecule has 2 fully saturated rings. The standard InChI is InChI=1S/C34H45F2N3O6/c1-19-27-18-39(28(19)20(2)40)31(41)29(33(3,4)5)38-32(42)45-26-12-9-11-21(26)10-7-8-15-34(35,36)24-16-22-13-14-23(43-6)17-25(22)37-30(24)44-27/h13-14,16-17,19,21,26-29H,7-12,15,18H2,1-6H3,(H,38,42)/t19-,21-,26-,27+,28+,29-/m1/s1. The number of alkyl carbamates (subject to hydrolysis) is 1. The van der Waals surface area contributed by atoms with Crippen LogP contribution in [0.4, 0.5) is 13.6 Å². The summed E-state index contributed by atoms with van der Waals surface area (Å²) in [5.41, 5.74) is -0.612. The molecule has 2 bridgehead atoms. The maximum atomic E-state index is 16.1. The van der Waals surface area contributed by atoms with Gasteiger partial charge in [0.05, 0.1) is 30.8 Å². The molecular weight excluding hydrogens is 584 g/mol. The van der Waals surface area contributed by atoms with Crippen molar-refractivity contribution in [2.24, 2.45) is 17.3 Å². The Balaban J connectivity index is 1.58. The second-order valence-corrected chi connectivity index (χ2v) is 14.0. The van der Waals surface area contributed by atoms with Crippen LogP contribution in [0.25, 0.3) is 10.9 Å². The second-order valence-electron chi connectivity index (χ2n) is 14.0. The van der Waals surface area contributed by atoms with Crippen molar-refractivity contribution < 1.29 is 37.4 Å². The van der Waals surface area contributed by atoms with E-state index >= 15 is 8.78 Å². The molecule has 3 heterocycles. The van der Waals surface area contributed by atoms with Crippen molar-refractivity contribution >= 4 is 28.7 Å². The van der Waals surface area contributed by atoms with Crippen molar-refractivity contribution in [3.8, 4) is 11.6 Å². The summed E-state index contributed by atoms with van der Waals surface area (Å²) in [5.74, 6) is -4.14. The molecule has 0 unspecified atom stereocenters. The van der Waals surface area contributed by atoms with Gasteiger partial charge in [-0.3, -0.25) is 9.59 Å². The minimum atomic E-state index is -3.25. The highest BCUT2D eigenvalue weighted by Crippen LogP contribution is 2.43. The van der Waals surface area contributed by atoms with Crippen molar-refractivity contribution in [1.82, 2.24) is 15.2 Å². The summed E-state index contributed by atoms with van der Waals surface area (Å²) >= 11 is 0. The van der Waals surface area contributed by atoms with E-state index in [1.165, 1.54) is 25.0 Å². The number of amides is 2. The largest absolute Gasteiger partial charge is 0.497 e. The lowest BCUT2D eigenvalue weighted by Gasteiger charge is -2.35. The smallest absolute Gasteiger partial charge is 0.408 e. The third-order valence-electron chi connectivity index (χ3n) is 9.68. The Labute approximate surface area is 263 Å². The Bertz CT molecular complexity index is 1440. The van der Waals surface area contributed by atoms with Crippen LogP contribution in [-0.2, 0) is 20.2 Å². The van der Waals surface area contributed by atoms with Crippen LogP contribution in [0.2, 0.25) is 0 Å². The predicted molar refractivity (Wildman–Crippen MR) is 164 cm³/mol. The summed E-state index contributed by atoms with van der Waals surface area (Å²) in [7, 11) is 1.51.